The number of hydrogen-bond acceptors (Lipinski definition) is 2. The first kappa shape index (κ1) is 20.6. The molecular formula is C25H21ClF2O2. The molecule has 1 unspecified atom stereocenters. The SMILES string of the molecule is OC(Cc1ccc(F)c(Oc2ccccc2)c1)C(F)=C(c1ccc(Cl)cc1)C1CC1. The van der Waals surface area contributed by atoms with Crippen molar-refractivity contribution in [3.63, 3.8) is 0 Å². The Morgan fingerprint density at radius 2 is 1.73 bits per heavy atom. The van der Waals surface area contributed by atoms with E-state index in [1.54, 1.807) is 48.5 Å². The summed E-state index contributed by atoms with van der Waals surface area (Å²) in [7, 11) is 0. The molecular weight excluding hydrogens is 406 g/mol. The van der Waals surface area contributed by atoms with Crippen LogP contribution in [0.1, 0.15) is 24.0 Å². The number of allylic oxidation sites excluding steroid dienone is 1. The van der Waals surface area contributed by atoms with Gasteiger partial charge in [-0.05, 0) is 71.9 Å². The summed E-state index contributed by atoms with van der Waals surface area (Å²) in [6.07, 6.45) is 0.473. The zero-order valence-corrected chi connectivity index (χ0v) is 16.9. The largest absolute Gasteiger partial charge is 0.454 e. The first-order chi connectivity index (χ1) is 14.5. The fourth-order valence-corrected chi connectivity index (χ4v) is 3.56. The average molecular weight is 427 g/mol. The molecule has 0 saturated heterocycles. The van der Waals surface area contributed by atoms with Gasteiger partial charge in [0.15, 0.2) is 11.6 Å². The topological polar surface area (TPSA) is 29.5 Å². The van der Waals surface area contributed by atoms with Gasteiger partial charge in [-0.1, -0.05) is 48.0 Å². The maximum atomic E-state index is 15.2. The maximum Gasteiger partial charge on any atom is 0.165 e. The Morgan fingerprint density at radius 3 is 2.40 bits per heavy atom. The molecule has 0 heterocycles. The molecule has 1 aliphatic rings. The van der Waals surface area contributed by atoms with Crippen LogP contribution >= 0.6 is 11.6 Å². The van der Waals surface area contributed by atoms with Crippen LogP contribution < -0.4 is 4.74 Å². The predicted octanol–water partition coefficient (Wildman–Crippen LogP) is 6.97. The van der Waals surface area contributed by atoms with Crippen LogP contribution in [0.5, 0.6) is 11.5 Å². The average Bonchev–Trinajstić information content (AvgIpc) is 3.58. The van der Waals surface area contributed by atoms with Crippen LogP contribution in [0.3, 0.4) is 0 Å². The van der Waals surface area contributed by atoms with Gasteiger partial charge < -0.3 is 9.84 Å². The van der Waals surface area contributed by atoms with Crippen molar-refractivity contribution in [3.05, 3.63) is 101 Å². The van der Waals surface area contributed by atoms with Crippen molar-refractivity contribution in [1.29, 1.82) is 0 Å². The Morgan fingerprint density at radius 1 is 1.03 bits per heavy atom. The van der Waals surface area contributed by atoms with E-state index >= 15 is 4.39 Å². The molecule has 1 atom stereocenters. The van der Waals surface area contributed by atoms with Crippen LogP contribution in [0.4, 0.5) is 8.78 Å². The van der Waals surface area contributed by atoms with Crippen molar-refractivity contribution < 1.29 is 18.6 Å². The van der Waals surface area contributed by atoms with Crippen LogP contribution in [0.15, 0.2) is 78.6 Å². The van der Waals surface area contributed by atoms with Gasteiger partial charge in [0, 0.05) is 11.4 Å². The molecule has 0 radical (unpaired) electrons. The van der Waals surface area contributed by atoms with Gasteiger partial charge in [0.2, 0.25) is 0 Å². The quantitative estimate of drug-likeness (QED) is 0.442. The molecule has 5 heteroatoms. The fraction of sp³-hybridized carbons (Fsp3) is 0.200. The molecule has 1 aliphatic carbocycles. The van der Waals surface area contributed by atoms with Gasteiger partial charge in [-0.15, -0.1) is 0 Å². The van der Waals surface area contributed by atoms with E-state index in [1.165, 1.54) is 18.2 Å². The van der Waals surface area contributed by atoms with E-state index in [4.69, 9.17) is 16.3 Å². The highest BCUT2D eigenvalue weighted by atomic mass is 35.5. The summed E-state index contributed by atoms with van der Waals surface area (Å²) < 4.78 is 35.0. The molecule has 154 valence electrons. The van der Waals surface area contributed by atoms with Gasteiger partial charge in [-0.3, -0.25) is 0 Å². The number of rotatable bonds is 7. The van der Waals surface area contributed by atoms with Gasteiger partial charge in [0.25, 0.3) is 0 Å². The Hall–Kier alpha value is -2.69. The molecule has 0 amide bonds. The second kappa shape index (κ2) is 8.99. The normalized spacial score (nSPS) is 15.5. The monoisotopic (exact) mass is 426 g/mol. The van der Waals surface area contributed by atoms with Crippen molar-refractivity contribution in [2.75, 3.05) is 0 Å². The molecule has 0 spiro atoms. The molecule has 1 fully saturated rings. The number of ether oxygens (including phenoxy) is 1. The van der Waals surface area contributed by atoms with Crippen LogP contribution in [0.2, 0.25) is 5.02 Å². The Labute approximate surface area is 179 Å². The Bertz CT molecular complexity index is 1040. The van der Waals surface area contributed by atoms with Gasteiger partial charge in [-0.25, -0.2) is 8.78 Å². The van der Waals surface area contributed by atoms with E-state index in [0.29, 0.717) is 21.9 Å². The van der Waals surface area contributed by atoms with Gasteiger partial charge >= 0.3 is 0 Å². The minimum Gasteiger partial charge on any atom is -0.454 e. The molecule has 0 aromatic heterocycles. The third-order valence-electron chi connectivity index (χ3n) is 5.09. The molecule has 4 rings (SSSR count). The summed E-state index contributed by atoms with van der Waals surface area (Å²) in [5.74, 6) is -0.428. The summed E-state index contributed by atoms with van der Waals surface area (Å²) in [5.41, 5.74) is 1.84. The van der Waals surface area contributed by atoms with Crippen LogP contribution in [0.25, 0.3) is 5.57 Å². The van der Waals surface area contributed by atoms with Crippen molar-refractivity contribution in [2.24, 2.45) is 5.92 Å². The zero-order chi connectivity index (χ0) is 21.1. The number of aliphatic hydroxyl groups excluding tert-OH is 1. The van der Waals surface area contributed by atoms with E-state index < -0.39 is 17.7 Å². The molecule has 3 aromatic rings. The lowest BCUT2D eigenvalue weighted by Gasteiger charge is -2.15. The van der Waals surface area contributed by atoms with Crippen LogP contribution in [-0.4, -0.2) is 11.2 Å². The van der Waals surface area contributed by atoms with Crippen LogP contribution in [0, 0.1) is 11.7 Å². The smallest absolute Gasteiger partial charge is 0.165 e. The number of para-hydroxylation sites is 1. The van der Waals surface area contributed by atoms with Gasteiger partial charge in [-0.2, -0.15) is 0 Å². The van der Waals surface area contributed by atoms with E-state index in [-0.39, 0.29) is 18.1 Å². The van der Waals surface area contributed by atoms with Crippen molar-refractivity contribution in [2.45, 2.75) is 25.4 Å². The van der Waals surface area contributed by atoms with E-state index in [0.717, 1.165) is 18.4 Å². The minimum absolute atomic E-state index is 0.0150. The van der Waals surface area contributed by atoms with Gasteiger partial charge in [0.05, 0.1) is 0 Å². The van der Waals surface area contributed by atoms with E-state index in [2.05, 4.69) is 0 Å². The zero-order valence-electron chi connectivity index (χ0n) is 16.2. The molecule has 1 N–H and O–H groups in total. The molecule has 3 aromatic carbocycles. The lowest BCUT2D eigenvalue weighted by molar-refractivity contribution is 0.183. The van der Waals surface area contributed by atoms with Crippen LogP contribution in [-0.2, 0) is 6.42 Å². The summed E-state index contributed by atoms with van der Waals surface area (Å²) in [4.78, 5) is 0. The number of halogens is 3. The predicted molar refractivity (Wildman–Crippen MR) is 115 cm³/mol. The second-order valence-electron chi connectivity index (χ2n) is 7.44. The third kappa shape index (κ3) is 4.89. The summed E-state index contributed by atoms with van der Waals surface area (Å²) in [6.45, 7) is 0. The third-order valence-corrected chi connectivity index (χ3v) is 5.34. The molecule has 0 aliphatic heterocycles. The van der Waals surface area contributed by atoms with Crippen molar-refractivity contribution in [3.8, 4) is 11.5 Å². The van der Waals surface area contributed by atoms with E-state index in [9.17, 15) is 9.50 Å². The van der Waals surface area contributed by atoms with E-state index in [1.807, 2.05) is 6.07 Å². The molecule has 30 heavy (non-hydrogen) atoms. The highest BCUT2D eigenvalue weighted by molar-refractivity contribution is 6.30. The fourth-order valence-electron chi connectivity index (χ4n) is 3.43. The standard InChI is InChI=1S/C25H21ClF2O2/c26-19-11-9-18(10-12-19)24(17-7-8-17)25(28)22(29)14-16-6-13-21(27)23(15-16)30-20-4-2-1-3-5-20/h1-6,9-13,15,17,22,29H,7-8,14H2. The Balaban J connectivity index is 1.56. The first-order valence-electron chi connectivity index (χ1n) is 9.86. The van der Waals surface area contributed by atoms with Gasteiger partial charge in [0.1, 0.15) is 17.7 Å². The first-order valence-corrected chi connectivity index (χ1v) is 10.2. The summed E-state index contributed by atoms with van der Waals surface area (Å²) in [5, 5.41) is 11.2. The lowest BCUT2D eigenvalue weighted by atomic mass is 9.96. The lowest BCUT2D eigenvalue weighted by Crippen LogP contribution is -2.14. The maximum absolute atomic E-state index is 15.2. The van der Waals surface area contributed by atoms with Crippen molar-refractivity contribution >= 4 is 17.2 Å². The number of hydrogen-bond donors (Lipinski definition) is 1. The molecule has 0 bridgehead atoms. The minimum atomic E-state index is -1.33. The Kier molecular flexibility index (Phi) is 6.16. The second-order valence-corrected chi connectivity index (χ2v) is 7.88. The highest BCUT2D eigenvalue weighted by Crippen LogP contribution is 2.45. The number of benzene rings is 3. The number of aliphatic hydroxyl groups is 1. The molecule has 2 nitrogen and oxygen atoms in total. The summed E-state index contributed by atoms with van der Waals surface area (Å²) >= 11 is 5.94. The highest BCUT2D eigenvalue weighted by Gasteiger charge is 2.32. The molecule has 1 saturated carbocycles. The summed E-state index contributed by atoms with van der Waals surface area (Å²) in [6, 6.07) is 20.1. The van der Waals surface area contributed by atoms with Crippen molar-refractivity contribution in [1.82, 2.24) is 0 Å².